The normalized spacial score (nSPS) is 10.6. The summed E-state index contributed by atoms with van der Waals surface area (Å²) in [6.45, 7) is 1.71. The average Bonchev–Trinajstić information content (AvgIpc) is 2.30. The lowest BCUT2D eigenvalue weighted by molar-refractivity contribution is -0.142. The van der Waals surface area contributed by atoms with Gasteiger partial charge in [-0.25, -0.2) is 13.2 Å². The highest BCUT2D eigenvalue weighted by atomic mass is 19.3. The molecule has 0 unspecified atom stereocenters. The van der Waals surface area contributed by atoms with Crippen molar-refractivity contribution in [1.82, 2.24) is 4.98 Å². The summed E-state index contributed by atoms with van der Waals surface area (Å²) in [4.78, 5) is 14.7. The van der Waals surface area contributed by atoms with Crippen molar-refractivity contribution < 1.29 is 27.4 Å². The molecular weight excluding hydrogens is 251 g/mol. The second kappa shape index (κ2) is 6.23. The van der Waals surface area contributed by atoms with Crippen LogP contribution in [0.1, 0.15) is 24.6 Å². The molecule has 0 saturated carbocycles. The first-order chi connectivity index (χ1) is 8.51. The lowest BCUT2D eigenvalue weighted by atomic mass is 10.1. The molecule has 0 fully saturated rings. The number of pyridine rings is 1. The molecule has 4 nitrogen and oxygen atoms in total. The summed E-state index contributed by atoms with van der Waals surface area (Å²) in [5.74, 6) is -2.31. The van der Waals surface area contributed by atoms with Crippen LogP contribution in [-0.4, -0.2) is 24.7 Å². The molecule has 0 spiro atoms. The number of nitrogens with zero attached hydrogens (tertiary/aromatic N) is 1. The number of hydrogen-bond donors (Lipinski definition) is 0. The predicted octanol–water partition coefficient (Wildman–Crippen LogP) is 2.27. The van der Waals surface area contributed by atoms with Gasteiger partial charge in [0.2, 0.25) is 0 Å². The van der Waals surface area contributed by atoms with Crippen LogP contribution in [0, 0.1) is 5.82 Å². The Balaban J connectivity index is 3.15. The van der Waals surface area contributed by atoms with E-state index in [4.69, 9.17) is 0 Å². The average molecular weight is 263 g/mol. The number of aromatic nitrogens is 1. The molecule has 0 aromatic carbocycles. The van der Waals surface area contributed by atoms with Crippen LogP contribution in [0.2, 0.25) is 0 Å². The van der Waals surface area contributed by atoms with E-state index in [1.165, 1.54) is 0 Å². The predicted molar refractivity (Wildman–Crippen MR) is 56.0 cm³/mol. The van der Waals surface area contributed by atoms with Gasteiger partial charge in [-0.15, -0.1) is 0 Å². The van der Waals surface area contributed by atoms with E-state index in [0.717, 1.165) is 13.3 Å². The van der Waals surface area contributed by atoms with Gasteiger partial charge in [0.05, 0.1) is 37.6 Å². The van der Waals surface area contributed by atoms with Crippen molar-refractivity contribution in [3.05, 3.63) is 23.3 Å². The molecule has 0 N–H and O–H groups in total. The molecule has 18 heavy (non-hydrogen) atoms. The van der Waals surface area contributed by atoms with Crippen LogP contribution in [0.25, 0.3) is 0 Å². The number of alkyl halides is 2. The minimum absolute atomic E-state index is 0.126. The molecule has 1 aromatic rings. The van der Waals surface area contributed by atoms with Crippen molar-refractivity contribution >= 4 is 5.97 Å². The topological polar surface area (TPSA) is 48.4 Å². The monoisotopic (exact) mass is 263 g/mol. The molecule has 1 rings (SSSR count). The molecule has 0 amide bonds. The zero-order chi connectivity index (χ0) is 13.7. The first kappa shape index (κ1) is 14.3. The highest BCUT2D eigenvalue weighted by Gasteiger charge is 2.25. The third-order valence-electron chi connectivity index (χ3n) is 2.15. The Morgan fingerprint density at radius 2 is 2.17 bits per heavy atom. The zero-order valence-corrected chi connectivity index (χ0v) is 9.87. The Labute approximate surface area is 102 Å². The van der Waals surface area contributed by atoms with E-state index in [9.17, 15) is 18.0 Å². The molecule has 1 aromatic heterocycles. The third-order valence-corrected chi connectivity index (χ3v) is 2.15. The number of hydrogen-bond acceptors (Lipinski definition) is 4. The number of carbonyl (C=O) groups excluding carboxylic acids is 1. The fourth-order valence-electron chi connectivity index (χ4n) is 1.44. The Morgan fingerprint density at radius 1 is 1.50 bits per heavy atom. The van der Waals surface area contributed by atoms with E-state index in [1.54, 1.807) is 6.92 Å². The fraction of sp³-hybridized carbons (Fsp3) is 0.455. The van der Waals surface area contributed by atoms with Crippen LogP contribution < -0.4 is 4.74 Å². The molecule has 0 saturated heterocycles. The van der Waals surface area contributed by atoms with Gasteiger partial charge in [0.1, 0.15) is 0 Å². The van der Waals surface area contributed by atoms with E-state index in [1.807, 2.05) is 0 Å². The summed E-state index contributed by atoms with van der Waals surface area (Å²) in [5.41, 5.74) is -0.966. The van der Waals surface area contributed by atoms with Gasteiger partial charge in [0.25, 0.3) is 6.43 Å². The van der Waals surface area contributed by atoms with E-state index in [0.29, 0.717) is 0 Å². The van der Waals surface area contributed by atoms with Gasteiger partial charge >= 0.3 is 5.97 Å². The maximum Gasteiger partial charge on any atom is 0.311 e. The summed E-state index contributed by atoms with van der Waals surface area (Å²) in [5, 5.41) is 0. The lowest BCUT2D eigenvalue weighted by Gasteiger charge is -2.12. The summed E-state index contributed by atoms with van der Waals surface area (Å²) in [7, 11) is 1.07. The van der Waals surface area contributed by atoms with E-state index in [-0.39, 0.29) is 12.3 Å². The number of rotatable bonds is 5. The molecular formula is C11H12F3NO3. The molecule has 1 heterocycles. The van der Waals surface area contributed by atoms with Crippen molar-refractivity contribution in [2.45, 2.75) is 19.8 Å². The fourth-order valence-corrected chi connectivity index (χ4v) is 1.44. The van der Waals surface area contributed by atoms with E-state index >= 15 is 0 Å². The van der Waals surface area contributed by atoms with E-state index in [2.05, 4.69) is 14.5 Å². The third kappa shape index (κ3) is 3.12. The quantitative estimate of drug-likeness (QED) is 0.765. The Kier molecular flexibility index (Phi) is 4.94. The second-order valence-electron chi connectivity index (χ2n) is 3.28. The Bertz CT molecular complexity index is 438. The molecule has 0 aliphatic rings. The molecule has 0 atom stereocenters. The summed E-state index contributed by atoms with van der Waals surface area (Å²) in [6.07, 6.45) is -2.71. The van der Waals surface area contributed by atoms with Gasteiger partial charge in [0.15, 0.2) is 11.6 Å². The van der Waals surface area contributed by atoms with Gasteiger partial charge in [0, 0.05) is 0 Å². The summed E-state index contributed by atoms with van der Waals surface area (Å²) in [6, 6.07) is 0. The first-order valence-electron chi connectivity index (χ1n) is 5.16. The Morgan fingerprint density at radius 3 is 2.67 bits per heavy atom. The molecule has 7 heteroatoms. The van der Waals surface area contributed by atoms with Gasteiger partial charge in [-0.2, -0.15) is 0 Å². The van der Waals surface area contributed by atoms with Gasteiger partial charge < -0.3 is 9.47 Å². The van der Waals surface area contributed by atoms with Crippen LogP contribution in [0.15, 0.2) is 6.20 Å². The van der Waals surface area contributed by atoms with Crippen LogP contribution in [0.5, 0.6) is 5.75 Å². The van der Waals surface area contributed by atoms with Crippen LogP contribution >= 0.6 is 0 Å². The Hall–Kier alpha value is -1.79. The minimum Gasteiger partial charge on any atom is -0.493 e. The standard InChI is InChI=1S/C11H12F3NO3/c1-3-18-8(16)4-7-9(11(13)14)10(17-2)6(12)5-15-7/h5,11H,3-4H2,1-2H3. The lowest BCUT2D eigenvalue weighted by Crippen LogP contribution is -2.12. The number of carbonyl (C=O) groups is 1. The number of methoxy groups -OCH3 is 1. The van der Waals surface area contributed by atoms with Crippen LogP contribution in [0.4, 0.5) is 13.2 Å². The maximum atomic E-state index is 13.2. The highest BCUT2D eigenvalue weighted by molar-refractivity contribution is 5.72. The molecule has 0 aliphatic heterocycles. The largest absolute Gasteiger partial charge is 0.493 e. The number of halogens is 3. The second-order valence-corrected chi connectivity index (χ2v) is 3.28. The highest BCUT2D eigenvalue weighted by Crippen LogP contribution is 2.33. The number of ether oxygens (including phenoxy) is 2. The van der Waals surface area contributed by atoms with Crippen LogP contribution in [0.3, 0.4) is 0 Å². The number of esters is 1. The maximum absolute atomic E-state index is 13.2. The van der Waals surface area contributed by atoms with Gasteiger partial charge in [-0.3, -0.25) is 9.78 Å². The SMILES string of the molecule is CCOC(=O)Cc1ncc(F)c(OC)c1C(F)F. The first-order valence-corrected chi connectivity index (χ1v) is 5.16. The van der Waals surface area contributed by atoms with Crippen molar-refractivity contribution in [1.29, 1.82) is 0 Å². The van der Waals surface area contributed by atoms with Crippen molar-refractivity contribution in [2.24, 2.45) is 0 Å². The molecule has 0 aliphatic carbocycles. The van der Waals surface area contributed by atoms with Gasteiger partial charge in [-0.05, 0) is 6.92 Å². The zero-order valence-electron chi connectivity index (χ0n) is 9.87. The van der Waals surface area contributed by atoms with E-state index < -0.39 is 35.9 Å². The summed E-state index contributed by atoms with van der Waals surface area (Å²) >= 11 is 0. The van der Waals surface area contributed by atoms with Crippen LogP contribution in [-0.2, 0) is 16.0 Å². The van der Waals surface area contributed by atoms with Crippen molar-refractivity contribution in [3.8, 4) is 5.75 Å². The molecule has 0 bridgehead atoms. The molecule has 0 radical (unpaired) electrons. The minimum atomic E-state index is -2.99. The smallest absolute Gasteiger partial charge is 0.311 e. The summed E-state index contributed by atoms with van der Waals surface area (Å²) < 4.78 is 48.1. The molecule has 100 valence electrons. The van der Waals surface area contributed by atoms with Crippen molar-refractivity contribution in [3.63, 3.8) is 0 Å². The van der Waals surface area contributed by atoms with Gasteiger partial charge in [-0.1, -0.05) is 0 Å². The van der Waals surface area contributed by atoms with Crippen molar-refractivity contribution in [2.75, 3.05) is 13.7 Å².